The minimum atomic E-state index is -0.567. The highest BCUT2D eigenvalue weighted by Gasteiger charge is 2.42. The van der Waals surface area contributed by atoms with Crippen LogP contribution in [0.2, 0.25) is 0 Å². The van der Waals surface area contributed by atoms with Gasteiger partial charge >= 0.3 is 0 Å². The van der Waals surface area contributed by atoms with E-state index in [1.165, 1.54) is 17.7 Å². The molecule has 1 N–H and O–H groups in total. The number of nitrogens with one attached hydrogen (secondary N) is 1. The van der Waals surface area contributed by atoms with Gasteiger partial charge in [-0.3, -0.25) is 4.79 Å². The molecule has 2 aromatic carbocycles. The number of rotatable bonds is 7. The van der Waals surface area contributed by atoms with Crippen molar-refractivity contribution in [1.29, 1.82) is 0 Å². The maximum Gasteiger partial charge on any atom is 0.230 e. The largest absolute Gasteiger partial charge is 0.497 e. The summed E-state index contributed by atoms with van der Waals surface area (Å²) in [5.74, 6) is 0.608. The highest BCUT2D eigenvalue weighted by molar-refractivity contribution is 5.88. The lowest BCUT2D eigenvalue weighted by Gasteiger charge is -2.28. The summed E-state index contributed by atoms with van der Waals surface area (Å²) in [7, 11) is 1.65. The van der Waals surface area contributed by atoms with Gasteiger partial charge in [-0.15, -0.1) is 0 Å². The van der Waals surface area contributed by atoms with Crippen LogP contribution in [0.25, 0.3) is 0 Å². The molecule has 1 fully saturated rings. The summed E-state index contributed by atoms with van der Waals surface area (Å²) in [6.07, 6.45) is 5.38. The van der Waals surface area contributed by atoms with Crippen molar-refractivity contribution >= 4 is 5.91 Å². The van der Waals surface area contributed by atoms with Gasteiger partial charge in [-0.05, 0) is 61.1 Å². The number of carbonyl (C=O) groups excluding carboxylic acids is 1. The Hall–Kier alpha value is -2.36. The van der Waals surface area contributed by atoms with Crippen molar-refractivity contribution in [2.45, 2.75) is 43.9 Å². The molecule has 0 heterocycles. The SMILES string of the molecule is COc1ccc(CCCNC(=O)C2(c3cccc(F)c3)CCCC2)cc1. The van der Waals surface area contributed by atoms with Crippen LogP contribution in [-0.4, -0.2) is 19.6 Å². The maximum absolute atomic E-state index is 13.7. The fraction of sp³-hybridized carbons (Fsp3) is 0.409. The van der Waals surface area contributed by atoms with Crippen molar-refractivity contribution in [3.05, 3.63) is 65.5 Å². The molecular formula is C22H26FNO2. The van der Waals surface area contributed by atoms with Crippen LogP contribution < -0.4 is 10.1 Å². The summed E-state index contributed by atoms with van der Waals surface area (Å²) in [5, 5.41) is 3.09. The van der Waals surface area contributed by atoms with E-state index in [0.717, 1.165) is 49.8 Å². The van der Waals surface area contributed by atoms with E-state index in [2.05, 4.69) is 5.32 Å². The van der Waals surface area contributed by atoms with E-state index in [4.69, 9.17) is 4.74 Å². The molecule has 0 aliphatic heterocycles. The number of halogens is 1. The molecular weight excluding hydrogens is 329 g/mol. The number of carbonyl (C=O) groups is 1. The van der Waals surface area contributed by atoms with Crippen molar-refractivity contribution in [3.8, 4) is 5.75 Å². The van der Waals surface area contributed by atoms with Crippen LogP contribution in [0.5, 0.6) is 5.75 Å². The molecule has 0 unspecified atom stereocenters. The van der Waals surface area contributed by atoms with Gasteiger partial charge in [0.15, 0.2) is 0 Å². The lowest BCUT2D eigenvalue weighted by molar-refractivity contribution is -0.126. The van der Waals surface area contributed by atoms with Crippen molar-refractivity contribution in [2.75, 3.05) is 13.7 Å². The lowest BCUT2D eigenvalue weighted by Crippen LogP contribution is -2.43. The first kappa shape index (κ1) is 18.4. The lowest BCUT2D eigenvalue weighted by atomic mass is 9.78. The van der Waals surface area contributed by atoms with E-state index < -0.39 is 5.41 Å². The van der Waals surface area contributed by atoms with Gasteiger partial charge in [-0.1, -0.05) is 37.1 Å². The van der Waals surface area contributed by atoms with Crippen LogP contribution in [0.3, 0.4) is 0 Å². The van der Waals surface area contributed by atoms with Gasteiger partial charge in [-0.2, -0.15) is 0 Å². The quantitative estimate of drug-likeness (QED) is 0.748. The predicted octanol–water partition coefficient (Wildman–Crippen LogP) is 4.40. The summed E-state index contributed by atoms with van der Waals surface area (Å²) in [6.45, 7) is 0.627. The summed E-state index contributed by atoms with van der Waals surface area (Å²) in [5.41, 5.74) is 1.46. The van der Waals surface area contributed by atoms with E-state index in [0.29, 0.717) is 6.54 Å². The van der Waals surface area contributed by atoms with Crippen molar-refractivity contribution in [3.63, 3.8) is 0 Å². The Bertz CT molecular complexity index is 736. The van der Waals surface area contributed by atoms with Gasteiger partial charge in [0.05, 0.1) is 12.5 Å². The predicted molar refractivity (Wildman–Crippen MR) is 101 cm³/mol. The first-order valence-corrected chi connectivity index (χ1v) is 9.31. The number of ether oxygens (including phenoxy) is 1. The number of hydrogen-bond acceptors (Lipinski definition) is 2. The van der Waals surface area contributed by atoms with Gasteiger partial charge in [0, 0.05) is 6.54 Å². The maximum atomic E-state index is 13.7. The summed E-state index contributed by atoms with van der Waals surface area (Å²) in [6, 6.07) is 14.5. The molecule has 0 bridgehead atoms. The Morgan fingerprint density at radius 1 is 1.15 bits per heavy atom. The number of benzene rings is 2. The number of amides is 1. The standard InChI is InChI=1S/C22H26FNO2/c1-26-20-11-9-17(10-12-20)6-5-15-24-21(25)22(13-2-3-14-22)18-7-4-8-19(23)16-18/h4,7-12,16H,2-3,5-6,13-15H2,1H3,(H,24,25). The van der Waals surface area contributed by atoms with E-state index >= 15 is 0 Å². The highest BCUT2D eigenvalue weighted by atomic mass is 19.1. The molecule has 3 nitrogen and oxygen atoms in total. The normalized spacial score (nSPS) is 15.6. The average molecular weight is 355 g/mol. The molecule has 1 aliphatic rings. The molecule has 0 saturated heterocycles. The summed E-state index contributed by atoms with van der Waals surface area (Å²) in [4.78, 5) is 12.9. The topological polar surface area (TPSA) is 38.3 Å². The van der Waals surface area contributed by atoms with Crippen LogP contribution in [0.4, 0.5) is 4.39 Å². The Kier molecular flexibility index (Phi) is 5.92. The van der Waals surface area contributed by atoms with Crippen LogP contribution in [0, 0.1) is 5.82 Å². The first-order chi connectivity index (χ1) is 12.6. The zero-order valence-corrected chi connectivity index (χ0v) is 15.3. The number of methoxy groups -OCH3 is 1. The summed E-state index contributed by atoms with van der Waals surface area (Å²) < 4.78 is 18.8. The van der Waals surface area contributed by atoms with Gasteiger partial charge in [-0.25, -0.2) is 4.39 Å². The van der Waals surface area contributed by atoms with Crippen molar-refractivity contribution < 1.29 is 13.9 Å². The molecule has 2 aromatic rings. The fourth-order valence-corrected chi connectivity index (χ4v) is 3.87. The van der Waals surface area contributed by atoms with Crippen LogP contribution >= 0.6 is 0 Å². The molecule has 3 rings (SSSR count). The van der Waals surface area contributed by atoms with Gasteiger partial charge in [0.25, 0.3) is 0 Å². The number of aryl methyl sites for hydroxylation is 1. The molecule has 26 heavy (non-hydrogen) atoms. The molecule has 1 saturated carbocycles. The van der Waals surface area contributed by atoms with Gasteiger partial charge in [0.2, 0.25) is 5.91 Å². The van der Waals surface area contributed by atoms with Crippen LogP contribution in [0.1, 0.15) is 43.2 Å². The Morgan fingerprint density at radius 2 is 1.88 bits per heavy atom. The molecule has 0 radical (unpaired) electrons. The second-order valence-electron chi connectivity index (χ2n) is 7.01. The molecule has 1 amide bonds. The molecule has 1 aliphatic carbocycles. The molecule has 0 atom stereocenters. The van der Waals surface area contributed by atoms with E-state index in [-0.39, 0.29) is 11.7 Å². The van der Waals surface area contributed by atoms with Crippen LogP contribution in [-0.2, 0) is 16.6 Å². The Labute approximate surface area is 154 Å². The smallest absolute Gasteiger partial charge is 0.230 e. The molecule has 0 aromatic heterocycles. The highest BCUT2D eigenvalue weighted by Crippen LogP contribution is 2.41. The second-order valence-corrected chi connectivity index (χ2v) is 7.01. The van der Waals surface area contributed by atoms with E-state index in [9.17, 15) is 9.18 Å². The first-order valence-electron chi connectivity index (χ1n) is 9.31. The Balaban J connectivity index is 1.57. The molecule has 4 heteroatoms. The number of hydrogen-bond donors (Lipinski definition) is 1. The summed E-state index contributed by atoms with van der Waals surface area (Å²) >= 11 is 0. The van der Waals surface area contributed by atoms with E-state index in [1.54, 1.807) is 13.2 Å². The monoisotopic (exact) mass is 355 g/mol. The average Bonchev–Trinajstić information content (AvgIpc) is 3.17. The molecule has 138 valence electrons. The van der Waals surface area contributed by atoms with E-state index in [1.807, 2.05) is 30.3 Å². The van der Waals surface area contributed by atoms with Crippen molar-refractivity contribution in [2.24, 2.45) is 0 Å². The fourth-order valence-electron chi connectivity index (χ4n) is 3.87. The minimum Gasteiger partial charge on any atom is -0.497 e. The Morgan fingerprint density at radius 3 is 2.54 bits per heavy atom. The van der Waals surface area contributed by atoms with Crippen LogP contribution in [0.15, 0.2) is 48.5 Å². The zero-order valence-electron chi connectivity index (χ0n) is 15.3. The zero-order chi connectivity index (χ0) is 18.4. The van der Waals surface area contributed by atoms with Crippen molar-refractivity contribution in [1.82, 2.24) is 5.32 Å². The van der Waals surface area contributed by atoms with Gasteiger partial charge in [0.1, 0.15) is 11.6 Å². The van der Waals surface area contributed by atoms with Gasteiger partial charge < -0.3 is 10.1 Å². The minimum absolute atomic E-state index is 0.0373. The third-order valence-corrected chi connectivity index (χ3v) is 5.36. The third-order valence-electron chi connectivity index (χ3n) is 5.36. The molecule has 0 spiro atoms. The third kappa shape index (κ3) is 4.06. The second kappa shape index (κ2) is 8.35.